The van der Waals surface area contributed by atoms with Crippen molar-refractivity contribution in [2.75, 3.05) is 23.3 Å². The van der Waals surface area contributed by atoms with Crippen LogP contribution >= 0.6 is 0 Å². The van der Waals surface area contributed by atoms with Gasteiger partial charge in [0, 0.05) is 30.5 Å². The average molecular weight is 298 g/mol. The monoisotopic (exact) mass is 298 g/mol. The first-order valence-corrected chi connectivity index (χ1v) is 8.07. The van der Waals surface area contributed by atoms with Crippen LogP contribution in [0.25, 0.3) is 0 Å². The van der Waals surface area contributed by atoms with Gasteiger partial charge in [-0.3, -0.25) is 0 Å². The number of rotatable bonds is 7. The minimum atomic E-state index is 0.668. The van der Waals surface area contributed by atoms with Crippen molar-refractivity contribution in [2.24, 2.45) is 0 Å². The fourth-order valence-electron chi connectivity index (χ4n) is 2.48. The second kappa shape index (κ2) is 7.78. The van der Waals surface area contributed by atoms with Crippen LogP contribution in [0, 0.1) is 13.8 Å². The Labute approximate surface area is 133 Å². The number of nitrogens with zero attached hydrogens (tertiary/aromatic N) is 3. The summed E-state index contributed by atoms with van der Waals surface area (Å²) in [6, 6.07) is 10.3. The third kappa shape index (κ3) is 4.20. The van der Waals surface area contributed by atoms with Crippen LogP contribution in [0.15, 0.2) is 30.3 Å². The van der Waals surface area contributed by atoms with Crippen molar-refractivity contribution < 1.29 is 0 Å². The highest BCUT2D eigenvalue weighted by molar-refractivity contribution is 5.59. The Kier molecular flexibility index (Phi) is 5.75. The molecule has 4 nitrogen and oxygen atoms in total. The van der Waals surface area contributed by atoms with Gasteiger partial charge in [0.2, 0.25) is 5.95 Å². The molecule has 1 aromatic carbocycles. The molecule has 22 heavy (non-hydrogen) atoms. The number of aromatic nitrogens is 2. The molecule has 0 aliphatic carbocycles. The van der Waals surface area contributed by atoms with Gasteiger partial charge in [-0.1, -0.05) is 32.0 Å². The van der Waals surface area contributed by atoms with Crippen LogP contribution < -0.4 is 10.2 Å². The van der Waals surface area contributed by atoms with Gasteiger partial charge in [-0.2, -0.15) is 4.98 Å². The van der Waals surface area contributed by atoms with E-state index in [1.165, 1.54) is 5.56 Å². The molecule has 0 unspecified atom stereocenters. The summed E-state index contributed by atoms with van der Waals surface area (Å²) < 4.78 is 0. The zero-order valence-electron chi connectivity index (χ0n) is 14.1. The van der Waals surface area contributed by atoms with Crippen molar-refractivity contribution in [3.63, 3.8) is 0 Å². The molecular weight excluding hydrogens is 272 g/mol. The van der Waals surface area contributed by atoms with Gasteiger partial charge in [0.15, 0.2) is 0 Å². The number of hydrogen-bond acceptors (Lipinski definition) is 4. The van der Waals surface area contributed by atoms with E-state index >= 15 is 0 Å². The highest BCUT2D eigenvalue weighted by atomic mass is 15.2. The molecule has 0 aliphatic rings. The first-order chi connectivity index (χ1) is 10.6. The number of para-hydroxylation sites is 1. The quantitative estimate of drug-likeness (QED) is 0.819. The standard InChI is InChI=1S/C18H26N4/c1-5-11-22(12-6-2)17-13-15(4)19-18(21-17)20-16-10-8-7-9-14(16)3/h7-10,13H,5-6,11-12H2,1-4H3,(H,19,20,21). The van der Waals surface area contributed by atoms with E-state index in [0.29, 0.717) is 5.95 Å². The fourth-order valence-corrected chi connectivity index (χ4v) is 2.48. The molecule has 2 rings (SSSR count). The predicted octanol–water partition coefficient (Wildman–Crippen LogP) is 4.46. The molecule has 2 aromatic rings. The lowest BCUT2D eigenvalue weighted by atomic mass is 10.2. The lowest BCUT2D eigenvalue weighted by Crippen LogP contribution is -2.26. The first kappa shape index (κ1) is 16.3. The summed E-state index contributed by atoms with van der Waals surface area (Å²) in [4.78, 5) is 11.6. The van der Waals surface area contributed by atoms with Crippen LogP contribution in [0.1, 0.15) is 37.9 Å². The molecule has 0 atom stereocenters. The Bertz CT molecular complexity index is 604. The van der Waals surface area contributed by atoms with Gasteiger partial charge < -0.3 is 10.2 Å². The Morgan fingerprint density at radius 2 is 1.68 bits per heavy atom. The van der Waals surface area contributed by atoms with Gasteiger partial charge >= 0.3 is 0 Å². The summed E-state index contributed by atoms with van der Waals surface area (Å²) in [6.45, 7) is 10.5. The molecule has 1 heterocycles. The third-order valence-electron chi connectivity index (χ3n) is 3.54. The Morgan fingerprint density at radius 1 is 1.00 bits per heavy atom. The molecule has 1 aromatic heterocycles. The predicted molar refractivity (Wildman–Crippen MR) is 94.0 cm³/mol. The van der Waals surface area contributed by atoms with Crippen LogP contribution in [0.5, 0.6) is 0 Å². The van der Waals surface area contributed by atoms with Crippen LogP contribution in [-0.2, 0) is 0 Å². The maximum atomic E-state index is 4.71. The van der Waals surface area contributed by atoms with Crippen molar-refractivity contribution in [1.82, 2.24) is 9.97 Å². The molecule has 0 spiro atoms. The van der Waals surface area contributed by atoms with E-state index in [9.17, 15) is 0 Å². The highest BCUT2D eigenvalue weighted by Crippen LogP contribution is 2.21. The van der Waals surface area contributed by atoms with Crippen molar-refractivity contribution in [2.45, 2.75) is 40.5 Å². The highest BCUT2D eigenvalue weighted by Gasteiger charge is 2.10. The van der Waals surface area contributed by atoms with E-state index in [-0.39, 0.29) is 0 Å². The lowest BCUT2D eigenvalue weighted by Gasteiger charge is -2.23. The van der Waals surface area contributed by atoms with Crippen LogP contribution in [0.4, 0.5) is 17.5 Å². The zero-order valence-corrected chi connectivity index (χ0v) is 14.1. The molecule has 118 valence electrons. The van der Waals surface area contributed by atoms with E-state index in [1.54, 1.807) is 0 Å². The topological polar surface area (TPSA) is 41.1 Å². The molecule has 0 fully saturated rings. The molecule has 0 aliphatic heterocycles. The van der Waals surface area contributed by atoms with E-state index in [0.717, 1.165) is 43.1 Å². The maximum absolute atomic E-state index is 4.71. The Hall–Kier alpha value is -2.10. The van der Waals surface area contributed by atoms with Crippen molar-refractivity contribution in [1.29, 1.82) is 0 Å². The summed E-state index contributed by atoms with van der Waals surface area (Å²) in [5.74, 6) is 1.67. The lowest BCUT2D eigenvalue weighted by molar-refractivity contribution is 0.732. The smallest absolute Gasteiger partial charge is 0.229 e. The first-order valence-electron chi connectivity index (χ1n) is 8.07. The molecule has 0 saturated carbocycles. The molecule has 0 radical (unpaired) electrons. The van der Waals surface area contributed by atoms with Gasteiger partial charge in [-0.15, -0.1) is 0 Å². The van der Waals surface area contributed by atoms with Crippen LogP contribution in [0.2, 0.25) is 0 Å². The Morgan fingerprint density at radius 3 is 2.32 bits per heavy atom. The summed E-state index contributed by atoms with van der Waals surface area (Å²) in [5.41, 5.74) is 3.23. The number of nitrogens with one attached hydrogen (secondary N) is 1. The van der Waals surface area contributed by atoms with Crippen molar-refractivity contribution in [3.05, 3.63) is 41.6 Å². The van der Waals surface area contributed by atoms with Gasteiger partial charge in [0.25, 0.3) is 0 Å². The van der Waals surface area contributed by atoms with Gasteiger partial charge in [-0.05, 0) is 38.3 Å². The number of hydrogen-bond donors (Lipinski definition) is 1. The normalized spacial score (nSPS) is 10.5. The summed E-state index contributed by atoms with van der Waals surface area (Å²) in [7, 11) is 0. The van der Waals surface area contributed by atoms with E-state index in [4.69, 9.17) is 4.98 Å². The van der Waals surface area contributed by atoms with Crippen LogP contribution in [0.3, 0.4) is 0 Å². The molecule has 0 amide bonds. The summed E-state index contributed by atoms with van der Waals surface area (Å²) in [5, 5.41) is 3.34. The largest absolute Gasteiger partial charge is 0.356 e. The summed E-state index contributed by atoms with van der Waals surface area (Å²) >= 11 is 0. The van der Waals surface area contributed by atoms with E-state index in [1.807, 2.05) is 19.1 Å². The van der Waals surface area contributed by atoms with Crippen LogP contribution in [-0.4, -0.2) is 23.1 Å². The SMILES string of the molecule is CCCN(CCC)c1cc(C)nc(Nc2ccccc2C)n1. The zero-order chi connectivity index (χ0) is 15.9. The number of benzene rings is 1. The molecule has 1 N–H and O–H groups in total. The van der Waals surface area contributed by atoms with Crippen molar-refractivity contribution in [3.8, 4) is 0 Å². The maximum Gasteiger partial charge on any atom is 0.229 e. The van der Waals surface area contributed by atoms with Gasteiger partial charge in [-0.25, -0.2) is 4.98 Å². The Balaban J connectivity index is 2.27. The fraction of sp³-hybridized carbons (Fsp3) is 0.444. The van der Waals surface area contributed by atoms with E-state index < -0.39 is 0 Å². The van der Waals surface area contributed by atoms with Gasteiger partial charge in [0.1, 0.15) is 5.82 Å². The number of aryl methyl sites for hydroxylation is 2. The second-order valence-corrected chi connectivity index (χ2v) is 5.62. The minimum Gasteiger partial charge on any atom is -0.356 e. The van der Waals surface area contributed by atoms with Crippen molar-refractivity contribution >= 4 is 17.5 Å². The van der Waals surface area contributed by atoms with Gasteiger partial charge in [0.05, 0.1) is 0 Å². The molecule has 0 saturated heterocycles. The second-order valence-electron chi connectivity index (χ2n) is 5.62. The molecule has 4 heteroatoms. The minimum absolute atomic E-state index is 0.668. The average Bonchev–Trinajstić information content (AvgIpc) is 2.49. The number of anilines is 3. The third-order valence-corrected chi connectivity index (χ3v) is 3.54. The molecule has 0 bridgehead atoms. The molecular formula is C18H26N4. The summed E-state index contributed by atoms with van der Waals surface area (Å²) in [6.07, 6.45) is 2.23. The van der Waals surface area contributed by atoms with E-state index in [2.05, 4.69) is 54.2 Å².